The number of nitrogens with zero attached hydrogens (tertiary/aromatic N) is 5. The van der Waals surface area contributed by atoms with Gasteiger partial charge in [-0.1, -0.05) is 13.0 Å². The van der Waals surface area contributed by atoms with Crippen molar-refractivity contribution < 1.29 is 27.4 Å². The average Bonchev–Trinajstić information content (AvgIpc) is 2.84. The Labute approximate surface area is 206 Å². The summed E-state index contributed by atoms with van der Waals surface area (Å²) < 4.78 is 50.7. The Morgan fingerprint density at radius 3 is 2.81 bits per heavy atom. The summed E-state index contributed by atoms with van der Waals surface area (Å²) in [5.41, 5.74) is 1.92. The smallest absolute Gasteiger partial charge is 0.423 e. The highest BCUT2D eigenvalue weighted by atomic mass is 19.4. The van der Waals surface area contributed by atoms with Gasteiger partial charge in [0.2, 0.25) is 17.7 Å². The first-order valence-corrected chi connectivity index (χ1v) is 12.0. The molecule has 0 bridgehead atoms. The molecule has 1 N–H and O–H groups in total. The Morgan fingerprint density at radius 2 is 2.08 bits per heavy atom. The minimum atomic E-state index is -4.62. The van der Waals surface area contributed by atoms with Gasteiger partial charge in [0.15, 0.2) is 0 Å². The summed E-state index contributed by atoms with van der Waals surface area (Å²) in [4.78, 5) is 30.7. The van der Waals surface area contributed by atoms with E-state index >= 15 is 0 Å². The van der Waals surface area contributed by atoms with Crippen LogP contribution in [0.5, 0.6) is 5.88 Å². The third-order valence-electron chi connectivity index (χ3n) is 6.87. The number of rotatable bonds is 6. The second-order valence-corrected chi connectivity index (χ2v) is 9.29. The number of ether oxygens (including phenoxy) is 2. The maximum absolute atomic E-state index is 13.4. The number of hydrogen-bond donors (Lipinski definition) is 1. The zero-order valence-corrected chi connectivity index (χ0v) is 19.6. The fourth-order valence-electron chi connectivity index (χ4n) is 4.96. The van der Waals surface area contributed by atoms with Gasteiger partial charge < -0.3 is 19.7 Å². The van der Waals surface area contributed by atoms with Gasteiger partial charge in [-0.2, -0.15) is 18.2 Å². The molecule has 1 saturated carbocycles. The molecule has 2 atom stereocenters. The number of halogens is 3. The molecule has 12 heteroatoms. The lowest BCUT2D eigenvalue weighted by Crippen LogP contribution is -2.39. The van der Waals surface area contributed by atoms with Crippen molar-refractivity contribution in [1.82, 2.24) is 24.8 Å². The molecule has 192 valence electrons. The van der Waals surface area contributed by atoms with Crippen molar-refractivity contribution in [2.45, 2.75) is 62.9 Å². The molecule has 2 fully saturated rings. The summed E-state index contributed by atoms with van der Waals surface area (Å²) in [6, 6.07) is -0.0339. The molecule has 2 unspecified atom stereocenters. The molecule has 0 aromatic carbocycles. The van der Waals surface area contributed by atoms with E-state index in [-0.39, 0.29) is 37.0 Å². The summed E-state index contributed by atoms with van der Waals surface area (Å²) in [5.74, 6) is -0.337. The average molecular weight is 505 g/mol. The van der Waals surface area contributed by atoms with Crippen molar-refractivity contribution in [1.29, 1.82) is 0 Å². The monoisotopic (exact) mass is 504 g/mol. The minimum absolute atomic E-state index is 0.0339. The Kier molecular flexibility index (Phi) is 6.78. The molecule has 1 aliphatic carbocycles. The molecule has 0 spiro atoms. The van der Waals surface area contributed by atoms with Crippen LogP contribution >= 0.6 is 0 Å². The highest BCUT2D eigenvalue weighted by molar-refractivity contribution is 5.87. The predicted molar refractivity (Wildman–Crippen MR) is 122 cm³/mol. The number of nitrogens with one attached hydrogen (secondary N) is 1. The van der Waals surface area contributed by atoms with Crippen molar-refractivity contribution in [2.24, 2.45) is 0 Å². The number of carbonyl (C=O) groups is 1. The van der Waals surface area contributed by atoms with Gasteiger partial charge in [-0.15, -0.1) is 0 Å². The van der Waals surface area contributed by atoms with E-state index in [9.17, 15) is 18.0 Å². The number of anilines is 1. The minimum Gasteiger partial charge on any atom is -0.469 e. The topological polar surface area (TPSA) is 102 Å². The molecule has 1 amide bonds. The lowest BCUT2D eigenvalue weighted by molar-refractivity contribution is -0.142. The van der Waals surface area contributed by atoms with E-state index in [1.54, 1.807) is 11.2 Å². The molecule has 2 aromatic rings. The maximum Gasteiger partial charge on any atom is 0.423 e. The molecular formula is C24H27F3N6O3. The summed E-state index contributed by atoms with van der Waals surface area (Å²) in [6.07, 6.45) is 2.66. The number of alkyl halides is 3. The van der Waals surface area contributed by atoms with Crippen molar-refractivity contribution in [2.75, 3.05) is 25.1 Å². The van der Waals surface area contributed by atoms with Crippen LogP contribution in [0.25, 0.3) is 0 Å². The van der Waals surface area contributed by atoms with E-state index in [1.807, 2.05) is 0 Å². The predicted octanol–water partition coefficient (Wildman–Crippen LogP) is 3.27. The van der Waals surface area contributed by atoms with Gasteiger partial charge in [-0.05, 0) is 37.3 Å². The standard InChI is InChI=1S/C24H27F3N6O3/c1-2-20(34)33-7-6-17-19(10-33)29-13-30-21(17)14-4-3-5-15(8-14)31-23-28-9-18(24(25,26)27)22(32-23)36-16-11-35-12-16/h2,9,13-16H,1,3-8,10-12H2,(H,28,31,32). The zero-order valence-electron chi connectivity index (χ0n) is 19.6. The lowest BCUT2D eigenvalue weighted by Gasteiger charge is -2.33. The largest absolute Gasteiger partial charge is 0.469 e. The van der Waals surface area contributed by atoms with Crippen LogP contribution in [0.4, 0.5) is 19.1 Å². The molecule has 2 aliphatic heterocycles. The van der Waals surface area contributed by atoms with Crippen molar-refractivity contribution in [3.8, 4) is 5.88 Å². The highest BCUT2D eigenvalue weighted by Crippen LogP contribution is 2.38. The fourth-order valence-corrected chi connectivity index (χ4v) is 4.96. The van der Waals surface area contributed by atoms with Gasteiger partial charge in [-0.3, -0.25) is 4.79 Å². The third-order valence-corrected chi connectivity index (χ3v) is 6.87. The number of carbonyl (C=O) groups excluding carboxylic acids is 1. The summed E-state index contributed by atoms with van der Waals surface area (Å²) in [7, 11) is 0. The van der Waals surface area contributed by atoms with Crippen LogP contribution in [0.3, 0.4) is 0 Å². The Morgan fingerprint density at radius 1 is 1.25 bits per heavy atom. The molecule has 36 heavy (non-hydrogen) atoms. The molecule has 1 saturated heterocycles. The first-order valence-electron chi connectivity index (χ1n) is 12.0. The number of fused-ring (bicyclic) bond motifs is 1. The van der Waals surface area contributed by atoms with E-state index in [0.717, 1.165) is 48.8 Å². The van der Waals surface area contributed by atoms with Crippen molar-refractivity contribution >= 4 is 11.9 Å². The van der Waals surface area contributed by atoms with Crippen molar-refractivity contribution in [3.63, 3.8) is 0 Å². The summed E-state index contributed by atoms with van der Waals surface area (Å²) in [6.45, 7) is 5.04. The molecule has 0 radical (unpaired) electrons. The van der Waals surface area contributed by atoms with E-state index in [1.165, 1.54) is 6.08 Å². The quantitative estimate of drug-likeness (QED) is 0.598. The first kappa shape index (κ1) is 24.4. The van der Waals surface area contributed by atoms with E-state index in [4.69, 9.17) is 9.47 Å². The first-order chi connectivity index (χ1) is 17.3. The zero-order chi connectivity index (χ0) is 25.3. The molecule has 2 aromatic heterocycles. The van der Waals surface area contributed by atoms with Crippen molar-refractivity contribution in [3.05, 3.63) is 47.7 Å². The van der Waals surface area contributed by atoms with E-state index < -0.39 is 23.7 Å². The van der Waals surface area contributed by atoms with Crippen LogP contribution in [0.2, 0.25) is 0 Å². The van der Waals surface area contributed by atoms with Gasteiger partial charge in [0, 0.05) is 24.7 Å². The van der Waals surface area contributed by atoms with Crippen LogP contribution in [0, 0.1) is 0 Å². The van der Waals surface area contributed by atoms with Gasteiger partial charge in [-0.25, -0.2) is 15.0 Å². The number of aromatic nitrogens is 4. The van der Waals surface area contributed by atoms with Gasteiger partial charge in [0.25, 0.3) is 0 Å². The van der Waals surface area contributed by atoms with Gasteiger partial charge in [0.05, 0.1) is 31.1 Å². The van der Waals surface area contributed by atoms with Crippen LogP contribution in [0.15, 0.2) is 25.2 Å². The number of hydrogen-bond acceptors (Lipinski definition) is 8. The SMILES string of the molecule is C=CC(=O)N1CCc2c(ncnc2C2CCCC(Nc3ncc(C(F)(F)F)c(OC4COC4)n3)C2)C1. The van der Waals surface area contributed by atoms with Gasteiger partial charge in [0.1, 0.15) is 18.0 Å². The van der Waals surface area contributed by atoms with Crippen LogP contribution in [0.1, 0.15) is 54.1 Å². The Bertz CT molecular complexity index is 1140. The van der Waals surface area contributed by atoms with Crippen LogP contribution < -0.4 is 10.1 Å². The fraction of sp³-hybridized carbons (Fsp3) is 0.542. The maximum atomic E-state index is 13.4. The highest BCUT2D eigenvalue weighted by Gasteiger charge is 2.38. The van der Waals surface area contributed by atoms with Crippen LogP contribution in [-0.4, -0.2) is 62.6 Å². The Hall–Kier alpha value is -3.28. The number of amides is 1. The lowest BCUT2D eigenvalue weighted by atomic mass is 9.81. The second kappa shape index (κ2) is 10.00. The molecular weight excluding hydrogens is 477 g/mol. The summed E-state index contributed by atoms with van der Waals surface area (Å²) >= 11 is 0. The molecule has 3 aliphatic rings. The van der Waals surface area contributed by atoms with Gasteiger partial charge >= 0.3 is 6.18 Å². The normalized spacial score (nSPS) is 22.4. The molecule has 5 rings (SSSR count). The second-order valence-electron chi connectivity index (χ2n) is 9.29. The molecule has 4 heterocycles. The van der Waals surface area contributed by atoms with E-state index in [2.05, 4.69) is 31.8 Å². The molecule has 9 nitrogen and oxygen atoms in total. The third kappa shape index (κ3) is 5.13. The van der Waals surface area contributed by atoms with Crippen LogP contribution in [-0.2, 0) is 28.7 Å². The summed E-state index contributed by atoms with van der Waals surface area (Å²) in [5, 5.41) is 3.21. The Balaban J connectivity index is 1.31. The van der Waals surface area contributed by atoms with E-state index in [0.29, 0.717) is 19.5 Å².